The van der Waals surface area contributed by atoms with Crippen molar-refractivity contribution in [1.29, 1.82) is 0 Å². The van der Waals surface area contributed by atoms with Gasteiger partial charge in [0.15, 0.2) is 5.78 Å². The van der Waals surface area contributed by atoms with E-state index in [4.69, 9.17) is 0 Å². The minimum absolute atomic E-state index is 0.170. The summed E-state index contributed by atoms with van der Waals surface area (Å²) in [6.07, 6.45) is 0.867. The highest BCUT2D eigenvalue weighted by molar-refractivity contribution is 9.10. The number of carbonyl (C=O) groups excluding carboxylic acids is 1. The van der Waals surface area contributed by atoms with Crippen LogP contribution in [0.4, 0.5) is 4.39 Å². The van der Waals surface area contributed by atoms with Crippen LogP contribution in [-0.2, 0) is 6.42 Å². The molecule has 0 unspecified atom stereocenters. The molecule has 0 aromatic heterocycles. The van der Waals surface area contributed by atoms with Gasteiger partial charge in [-0.15, -0.1) is 0 Å². The first-order valence-electron chi connectivity index (χ1n) is 5.70. The van der Waals surface area contributed by atoms with Crippen LogP contribution < -0.4 is 0 Å². The molecule has 0 aliphatic carbocycles. The number of aryl methyl sites for hydroxylation is 1. The zero-order chi connectivity index (χ0) is 13.1. The van der Waals surface area contributed by atoms with Crippen molar-refractivity contribution in [2.24, 2.45) is 0 Å². The summed E-state index contributed by atoms with van der Waals surface area (Å²) in [5.74, 6) is -0.579. The smallest absolute Gasteiger partial charge is 0.194 e. The highest BCUT2D eigenvalue weighted by Crippen LogP contribution is 2.21. The van der Waals surface area contributed by atoms with E-state index < -0.39 is 5.82 Å². The normalized spacial score (nSPS) is 10.4. The predicted octanol–water partition coefficient (Wildman–Crippen LogP) is 4.38. The molecular formula is C15H12BrFO. The Morgan fingerprint density at radius 1 is 1.22 bits per heavy atom. The maximum Gasteiger partial charge on any atom is 0.194 e. The van der Waals surface area contributed by atoms with Gasteiger partial charge in [-0.1, -0.05) is 41.1 Å². The minimum Gasteiger partial charge on any atom is -0.289 e. The van der Waals surface area contributed by atoms with Crippen molar-refractivity contribution < 1.29 is 9.18 Å². The van der Waals surface area contributed by atoms with Gasteiger partial charge in [0.25, 0.3) is 0 Å². The summed E-state index contributed by atoms with van der Waals surface area (Å²) in [5, 5.41) is 0. The molecule has 1 nitrogen and oxygen atoms in total. The molecule has 0 radical (unpaired) electrons. The fourth-order valence-corrected chi connectivity index (χ4v) is 2.19. The second-order valence-corrected chi connectivity index (χ2v) is 4.86. The second-order valence-electron chi connectivity index (χ2n) is 4.01. The first-order valence-corrected chi connectivity index (χ1v) is 6.50. The Labute approximate surface area is 114 Å². The van der Waals surface area contributed by atoms with E-state index in [1.165, 1.54) is 12.1 Å². The third-order valence-corrected chi connectivity index (χ3v) is 3.46. The van der Waals surface area contributed by atoms with Crippen molar-refractivity contribution in [3.05, 3.63) is 69.4 Å². The van der Waals surface area contributed by atoms with Crippen molar-refractivity contribution in [3.8, 4) is 0 Å². The molecule has 0 bridgehead atoms. The minimum atomic E-state index is -0.409. The molecule has 2 aromatic rings. The van der Waals surface area contributed by atoms with Crippen LogP contribution in [0, 0.1) is 5.82 Å². The summed E-state index contributed by atoms with van der Waals surface area (Å²) in [5.41, 5.74) is 2.03. The number of hydrogen-bond donors (Lipinski definition) is 0. The topological polar surface area (TPSA) is 17.1 Å². The lowest BCUT2D eigenvalue weighted by atomic mass is 10.0. The summed E-state index contributed by atoms with van der Waals surface area (Å²) in [4.78, 5) is 12.3. The van der Waals surface area contributed by atoms with Crippen LogP contribution in [0.5, 0.6) is 0 Å². The van der Waals surface area contributed by atoms with E-state index in [1.807, 2.05) is 25.1 Å². The first kappa shape index (κ1) is 13.0. The molecule has 0 heterocycles. The first-order chi connectivity index (χ1) is 8.61. The van der Waals surface area contributed by atoms with E-state index in [9.17, 15) is 9.18 Å². The summed E-state index contributed by atoms with van der Waals surface area (Å²) in [6, 6.07) is 11.5. The van der Waals surface area contributed by atoms with Gasteiger partial charge in [0.2, 0.25) is 0 Å². The molecule has 3 heteroatoms. The van der Waals surface area contributed by atoms with Crippen LogP contribution >= 0.6 is 15.9 Å². The molecule has 2 rings (SSSR count). The molecule has 0 aliphatic rings. The van der Waals surface area contributed by atoms with E-state index in [0.717, 1.165) is 12.0 Å². The van der Waals surface area contributed by atoms with Crippen molar-refractivity contribution in [3.63, 3.8) is 0 Å². The zero-order valence-corrected chi connectivity index (χ0v) is 11.5. The summed E-state index contributed by atoms with van der Waals surface area (Å²) < 4.78 is 13.8. The van der Waals surface area contributed by atoms with Gasteiger partial charge < -0.3 is 0 Å². The standard InChI is InChI=1S/C15H12BrFO/c1-2-10-4-3-5-11(8-10)15(18)13-9-12(17)6-7-14(13)16/h3-9H,2H2,1H3. The molecule has 0 amide bonds. The quantitative estimate of drug-likeness (QED) is 0.769. The van der Waals surface area contributed by atoms with Gasteiger partial charge in [0, 0.05) is 15.6 Å². The molecule has 0 aliphatic heterocycles. The number of ketones is 1. The Morgan fingerprint density at radius 3 is 2.72 bits per heavy atom. The van der Waals surface area contributed by atoms with E-state index >= 15 is 0 Å². The fraction of sp³-hybridized carbons (Fsp3) is 0.133. The van der Waals surface area contributed by atoms with Crippen LogP contribution in [0.25, 0.3) is 0 Å². The number of benzene rings is 2. The lowest BCUT2D eigenvalue weighted by Crippen LogP contribution is -2.03. The lowest BCUT2D eigenvalue weighted by molar-refractivity contribution is 0.103. The Morgan fingerprint density at radius 2 is 2.00 bits per heavy atom. The van der Waals surface area contributed by atoms with Crippen molar-refractivity contribution >= 4 is 21.7 Å². The Kier molecular flexibility index (Phi) is 3.92. The Hall–Kier alpha value is -1.48. The average molecular weight is 307 g/mol. The number of rotatable bonds is 3. The van der Waals surface area contributed by atoms with Crippen molar-refractivity contribution in [2.45, 2.75) is 13.3 Å². The Bertz CT molecular complexity index is 593. The highest BCUT2D eigenvalue weighted by atomic mass is 79.9. The van der Waals surface area contributed by atoms with Gasteiger partial charge in [-0.25, -0.2) is 4.39 Å². The molecule has 18 heavy (non-hydrogen) atoms. The fourth-order valence-electron chi connectivity index (χ4n) is 1.76. The van der Waals surface area contributed by atoms with Crippen LogP contribution in [0.2, 0.25) is 0 Å². The maximum absolute atomic E-state index is 13.2. The molecule has 0 fully saturated rings. The number of hydrogen-bond acceptors (Lipinski definition) is 1. The molecule has 2 aromatic carbocycles. The van der Waals surface area contributed by atoms with Crippen molar-refractivity contribution in [1.82, 2.24) is 0 Å². The monoisotopic (exact) mass is 306 g/mol. The summed E-state index contributed by atoms with van der Waals surface area (Å²) in [7, 11) is 0. The molecule has 0 N–H and O–H groups in total. The number of carbonyl (C=O) groups is 1. The molecule has 92 valence electrons. The zero-order valence-electron chi connectivity index (χ0n) is 9.91. The van der Waals surface area contributed by atoms with Gasteiger partial charge >= 0.3 is 0 Å². The third kappa shape index (κ3) is 2.67. The van der Waals surface area contributed by atoms with Gasteiger partial charge in [-0.05, 0) is 36.2 Å². The second kappa shape index (κ2) is 5.44. The third-order valence-electron chi connectivity index (χ3n) is 2.77. The van der Waals surface area contributed by atoms with Crippen LogP contribution in [0.15, 0.2) is 46.9 Å². The SMILES string of the molecule is CCc1cccc(C(=O)c2cc(F)ccc2Br)c1. The summed E-state index contributed by atoms with van der Waals surface area (Å²) >= 11 is 3.28. The van der Waals surface area contributed by atoms with E-state index in [0.29, 0.717) is 15.6 Å². The molecule has 0 atom stereocenters. The van der Waals surface area contributed by atoms with Gasteiger partial charge in [-0.3, -0.25) is 4.79 Å². The molecule has 0 spiro atoms. The lowest BCUT2D eigenvalue weighted by Gasteiger charge is -2.05. The van der Waals surface area contributed by atoms with Crippen LogP contribution in [-0.4, -0.2) is 5.78 Å². The van der Waals surface area contributed by atoms with Gasteiger partial charge in [0.05, 0.1) is 0 Å². The molecular weight excluding hydrogens is 295 g/mol. The average Bonchev–Trinajstić information content (AvgIpc) is 2.41. The molecule has 0 saturated heterocycles. The highest BCUT2D eigenvalue weighted by Gasteiger charge is 2.13. The van der Waals surface area contributed by atoms with Crippen molar-refractivity contribution in [2.75, 3.05) is 0 Å². The van der Waals surface area contributed by atoms with Crippen LogP contribution in [0.3, 0.4) is 0 Å². The Balaban J connectivity index is 2.44. The van der Waals surface area contributed by atoms with E-state index in [1.54, 1.807) is 12.1 Å². The van der Waals surface area contributed by atoms with Crippen LogP contribution in [0.1, 0.15) is 28.4 Å². The van der Waals surface area contributed by atoms with E-state index in [-0.39, 0.29) is 5.78 Å². The molecule has 0 saturated carbocycles. The predicted molar refractivity (Wildman–Crippen MR) is 73.4 cm³/mol. The van der Waals surface area contributed by atoms with Gasteiger partial charge in [-0.2, -0.15) is 0 Å². The van der Waals surface area contributed by atoms with Gasteiger partial charge in [0.1, 0.15) is 5.82 Å². The largest absolute Gasteiger partial charge is 0.289 e. The number of halogens is 2. The van der Waals surface area contributed by atoms with E-state index in [2.05, 4.69) is 15.9 Å². The summed E-state index contributed by atoms with van der Waals surface area (Å²) in [6.45, 7) is 2.03. The maximum atomic E-state index is 13.2.